The van der Waals surface area contributed by atoms with Crippen molar-refractivity contribution in [3.05, 3.63) is 35.4 Å². The quantitative estimate of drug-likeness (QED) is 0.754. The average Bonchev–Trinajstić information content (AvgIpc) is 2.45. The fraction of sp³-hybridized carbons (Fsp3) is 0.533. The summed E-state index contributed by atoms with van der Waals surface area (Å²) >= 11 is 0. The highest BCUT2D eigenvalue weighted by Gasteiger charge is 2.27. The molecule has 0 fully saturated rings. The van der Waals surface area contributed by atoms with E-state index in [9.17, 15) is 18.0 Å². The Morgan fingerprint density at radius 2 is 1.83 bits per heavy atom. The molecule has 132 valence electrons. The molecule has 1 atom stereocenters. The summed E-state index contributed by atoms with van der Waals surface area (Å²) in [6.07, 6.45) is -2.86. The van der Waals surface area contributed by atoms with Crippen molar-refractivity contribution in [1.82, 2.24) is 5.32 Å². The van der Waals surface area contributed by atoms with Crippen molar-refractivity contribution in [1.29, 1.82) is 0 Å². The van der Waals surface area contributed by atoms with Crippen molar-refractivity contribution in [2.75, 3.05) is 6.61 Å². The number of alkyl halides is 3. The van der Waals surface area contributed by atoms with Gasteiger partial charge in [0.2, 0.25) is 5.91 Å². The van der Waals surface area contributed by atoms with Crippen molar-refractivity contribution in [2.24, 2.45) is 5.73 Å². The number of hydrogen-bond donors (Lipinski definition) is 2. The lowest BCUT2D eigenvalue weighted by Crippen LogP contribution is -2.40. The summed E-state index contributed by atoms with van der Waals surface area (Å²) in [5.41, 5.74) is 7.17. The monoisotopic (exact) mass is 354 g/mol. The van der Waals surface area contributed by atoms with E-state index in [0.717, 1.165) is 12.0 Å². The van der Waals surface area contributed by atoms with Crippen molar-refractivity contribution in [3.8, 4) is 0 Å². The second kappa shape index (κ2) is 10.5. The van der Waals surface area contributed by atoms with Gasteiger partial charge in [-0.3, -0.25) is 4.79 Å². The third-order valence-electron chi connectivity index (χ3n) is 2.96. The lowest BCUT2D eigenvalue weighted by Gasteiger charge is -2.11. The van der Waals surface area contributed by atoms with E-state index in [-0.39, 0.29) is 24.9 Å². The van der Waals surface area contributed by atoms with E-state index in [1.54, 1.807) is 24.3 Å². The largest absolute Gasteiger partial charge is 0.411 e. The number of ether oxygens (including phenoxy) is 1. The molecule has 0 heterocycles. The van der Waals surface area contributed by atoms with Crippen LogP contribution in [0.3, 0.4) is 0 Å². The molecule has 1 rings (SSSR count). The summed E-state index contributed by atoms with van der Waals surface area (Å²) in [4.78, 5) is 11.6. The number of carbonyl (C=O) groups is 1. The molecular weight excluding hydrogens is 333 g/mol. The molecule has 3 N–H and O–H groups in total. The molecule has 8 heteroatoms. The summed E-state index contributed by atoms with van der Waals surface area (Å²) in [5.74, 6) is -0.209. The molecule has 0 spiro atoms. The van der Waals surface area contributed by atoms with Gasteiger partial charge in [0.05, 0.1) is 12.6 Å². The molecule has 1 aromatic rings. The molecule has 0 aromatic heterocycles. The van der Waals surface area contributed by atoms with Crippen LogP contribution < -0.4 is 11.1 Å². The Labute approximate surface area is 140 Å². The Hall–Kier alpha value is -1.31. The summed E-state index contributed by atoms with van der Waals surface area (Å²) < 4.78 is 40.4. The van der Waals surface area contributed by atoms with Crippen molar-refractivity contribution < 1.29 is 22.7 Å². The first-order valence-corrected chi connectivity index (χ1v) is 7.07. The first-order chi connectivity index (χ1) is 10.3. The molecule has 0 bridgehead atoms. The SMILES string of the molecule is CCCC(N)C(=O)NCc1ccc(COCC(F)(F)F)cc1.Cl. The van der Waals surface area contributed by atoms with E-state index in [1.807, 2.05) is 6.92 Å². The molecule has 1 amide bonds. The van der Waals surface area contributed by atoms with Crippen molar-refractivity contribution in [3.63, 3.8) is 0 Å². The van der Waals surface area contributed by atoms with Gasteiger partial charge in [-0.25, -0.2) is 0 Å². The molecule has 0 saturated heterocycles. The van der Waals surface area contributed by atoms with Gasteiger partial charge in [-0.05, 0) is 17.5 Å². The number of rotatable bonds is 8. The minimum atomic E-state index is -4.32. The molecule has 0 radical (unpaired) electrons. The van der Waals surface area contributed by atoms with Gasteiger partial charge < -0.3 is 15.8 Å². The molecule has 1 unspecified atom stereocenters. The van der Waals surface area contributed by atoms with Crippen LogP contribution in [0.5, 0.6) is 0 Å². The van der Waals surface area contributed by atoms with Crippen LogP contribution in [-0.4, -0.2) is 24.7 Å². The zero-order valence-electron chi connectivity index (χ0n) is 12.9. The van der Waals surface area contributed by atoms with Crippen LogP contribution >= 0.6 is 12.4 Å². The summed E-state index contributed by atoms with van der Waals surface area (Å²) in [6.45, 7) is 0.917. The van der Waals surface area contributed by atoms with Crippen LogP contribution in [0.15, 0.2) is 24.3 Å². The number of benzene rings is 1. The summed E-state index contributed by atoms with van der Waals surface area (Å²) in [7, 11) is 0. The molecule has 0 saturated carbocycles. The lowest BCUT2D eigenvalue weighted by atomic mass is 10.1. The van der Waals surface area contributed by atoms with E-state index in [4.69, 9.17) is 5.73 Å². The second-order valence-corrected chi connectivity index (χ2v) is 5.04. The van der Waals surface area contributed by atoms with E-state index >= 15 is 0 Å². The minimum Gasteiger partial charge on any atom is -0.367 e. The van der Waals surface area contributed by atoms with E-state index in [0.29, 0.717) is 18.5 Å². The number of nitrogens with two attached hydrogens (primary N) is 1. The molecule has 0 aliphatic rings. The van der Waals surface area contributed by atoms with Crippen LogP contribution in [0, 0.1) is 0 Å². The second-order valence-electron chi connectivity index (χ2n) is 5.04. The molecule has 1 aromatic carbocycles. The molecule has 4 nitrogen and oxygen atoms in total. The first-order valence-electron chi connectivity index (χ1n) is 7.07. The summed E-state index contributed by atoms with van der Waals surface area (Å²) in [6, 6.07) is 6.30. The zero-order chi connectivity index (χ0) is 16.6. The number of hydrogen-bond acceptors (Lipinski definition) is 3. The van der Waals surface area contributed by atoms with Crippen LogP contribution in [0.1, 0.15) is 30.9 Å². The van der Waals surface area contributed by atoms with Crippen molar-refractivity contribution >= 4 is 18.3 Å². The van der Waals surface area contributed by atoms with Gasteiger partial charge in [0.25, 0.3) is 0 Å². The minimum absolute atomic E-state index is 0. The van der Waals surface area contributed by atoms with Crippen LogP contribution in [0.25, 0.3) is 0 Å². The smallest absolute Gasteiger partial charge is 0.367 e. The fourth-order valence-corrected chi connectivity index (χ4v) is 1.80. The van der Waals surface area contributed by atoms with E-state index in [1.165, 1.54) is 0 Å². The first kappa shape index (κ1) is 21.7. The number of carbonyl (C=O) groups excluding carboxylic acids is 1. The van der Waals surface area contributed by atoms with Gasteiger partial charge in [0.15, 0.2) is 0 Å². The van der Waals surface area contributed by atoms with Crippen LogP contribution in [0.2, 0.25) is 0 Å². The topological polar surface area (TPSA) is 64.4 Å². The Morgan fingerprint density at radius 3 is 2.35 bits per heavy atom. The number of amides is 1. The highest BCUT2D eigenvalue weighted by atomic mass is 35.5. The van der Waals surface area contributed by atoms with Crippen LogP contribution in [0.4, 0.5) is 13.2 Å². The Kier molecular flexibility index (Phi) is 9.87. The zero-order valence-corrected chi connectivity index (χ0v) is 13.7. The normalized spacial score (nSPS) is 12.4. The maximum absolute atomic E-state index is 11.9. The predicted octanol–water partition coefficient (Wildman–Crippen LogP) is 2.93. The lowest BCUT2D eigenvalue weighted by molar-refractivity contribution is -0.176. The third-order valence-corrected chi connectivity index (χ3v) is 2.96. The van der Waals surface area contributed by atoms with Gasteiger partial charge in [-0.15, -0.1) is 12.4 Å². The van der Waals surface area contributed by atoms with Gasteiger partial charge in [0, 0.05) is 6.54 Å². The van der Waals surface area contributed by atoms with Gasteiger partial charge in [0.1, 0.15) is 6.61 Å². The maximum Gasteiger partial charge on any atom is 0.411 e. The van der Waals surface area contributed by atoms with E-state index in [2.05, 4.69) is 10.1 Å². The Balaban J connectivity index is 0.00000484. The van der Waals surface area contributed by atoms with Gasteiger partial charge >= 0.3 is 6.18 Å². The highest BCUT2D eigenvalue weighted by molar-refractivity contribution is 5.85. The number of nitrogens with one attached hydrogen (secondary N) is 1. The molecule has 0 aliphatic carbocycles. The predicted molar refractivity (Wildman–Crippen MR) is 84.1 cm³/mol. The fourth-order valence-electron chi connectivity index (χ4n) is 1.80. The molecule has 23 heavy (non-hydrogen) atoms. The summed E-state index contributed by atoms with van der Waals surface area (Å²) in [5, 5.41) is 2.72. The number of halogens is 4. The van der Waals surface area contributed by atoms with Crippen LogP contribution in [-0.2, 0) is 22.7 Å². The maximum atomic E-state index is 11.9. The van der Waals surface area contributed by atoms with Crippen molar-refractivity contribution in [2.45, 2.75) is 45.1 Å². The third kappa shape index (κ3) is 9.43. The van der Waals surface area contributed by atoms with Gasteiger partial charge in [-0.2, -0.15) is 13.2 Å². The molecular formula is C15H22ClF3N2O2. The Bertz CT molecular complexity index is 467. The molecule has 0 aliphatic heterocycles. The Morgan fingerprint density at radius 1 is 1.26 bits per heavy atom. The highest BCUT2D eigenvalue weighted by Crippen LogP contribution is 2.15. The van der Waals surface area contributed by atoms with E-state index < -0.39 is 18.8 Å². The average molecular weight is 355 g/mol. The van der Waals surface area contributed by atoms with Gasteiger partial charge in [-0.1, -0.05) is 37.6 Å². The standard InChI is InChI=1S/C15H21F3N2O2.ClH/c1-2-3-13(19)14(21)20-8-11-4-6-12(7-5-11)9-22-10-15(16,17)18;/h4-7,13H,2-3,8-10,19H2,1H3,(H,20,21);1H.